The van der Waals surface area contributed by atoms with Gasteiger partial charge in [-0.15, -0.1) is 0 Å². The number of benzene rings is 2. The van der Waals surface area contributed by atoms with E-state index in [-0.39, 0.29) is 5.56 Å². The van der Waals surface area contributed by atoms with Gasteiger partial charge in [0.15, 0.2) is 0 Å². The zero-order chi connectivity index (χ0) is 15.4. The van der Waals surface area contributed by atoms with Gasteiger partial charge < -0.3 is 16.4 Å². The lowest BCUT2D eigenvalue weighted by Gasteiger charge is -2.11. The smallest absolute Gasteiger partial charge is 0.323 e. The van der Waals surface area contributed by atoms with Crippen molar-refractivity contribution < 1.29 is 9.59 Å². The second kappa shape index (κ2) is 6.47. The quantitative estimate of drug-likeness (QED) is 0.803. The van der Waals surface area contributed by atoms with Crippen LogP contribution < -0.4 is 16.4 Å². The number of nitrogens with two attached hydrogens (primary N) is 1. The van der Waals surface area contributed by atoms with Gasteiger partial charge in [-0.2, -0.15) is 0 Å². The summed E-state index contributed by atoms with van der Waals surface area (Å²) in [5, 5.41) is 5.86. The summed E-state index contributed by atoms with van der Waals surface area (Å²) in [7, 11) is 0. The highest BCUT2D eigenvalue weighted by atomic mass is 35.5. The Balaban J connectivity index is 2.16. The molecule has 7 heteroatoms. The number of primary amides is 1. The van der Waals surface area contributed by atoms with Gasteiger partial charge in [0.25, 0.3) is 5.91 Å². The Morgan fingerprint density at radius 2 is 1.62 bits per heavy atom. The lowest BCUT2D eigenvalue weighted by molar-refractivity contribution is 0.100. The highest BCUT2D eigenvalue weighted by Gasteiger charge is 2.11. The van der Waals surface area contributed by atoms with Gasteiger partial charge in [-0.1, -0.05) is 35.3 Å². The number of anilines is 2. The number of urea groups is 1. The van der Waals surface area contributed by atoms with Crippen LogP contribution in [-0.2, 0) is 0 Å². The molecule has 0 heterocycles. The van der Waals surface area contributed by atoms with Gasteiger partial charge in [-0.3, -0.25) is 4.79 Å². The number of carbonyl (C=O) groups excluding carboxylic acids is 2. The van der Waals surface area contributed by atoms with Crippen molar-refractivity contribution in [1.82, 2.24) is 0 Å². The molecule has 0 bridgehead atoms. The molecule has 2 aromatic carbocycles. The third-order valence-corrected chi connectivity index (χ3v) is 3.18. The van der Waals surface area contributed by atoms with Gasteiger partial charge in [-0.25, -0.2) is 4.79 Å². The molecule has 5 nitrogen and oxygen atoms in total. The molecule has 4 N–H and O–H groups in total. The van der Waals surface area contributed by atoms with Crippen LogP contribution in [0, 0.1) is 0 Å². The van der Waals surface area contributed by atoms with Crippen molar-refractivity contribution in [3.8, 4) is 0 Å². The summed E-state index contributed by atoms with van der Waals surface area (Å²) in [6.45, 7) is 0. The second-order valence-electron chi connectivity index (χ2n) is 4.11. The van der Waals surface area contributed by atoms with Gasteiger partial charge >= 0.3 is 6.03 Å². The molecule has 0 aromatic heterocycles. The maximum atomic E-state index is 11.9. The molecule has 2 aromatic rings. The van der Waals surface area contributed by atoms with Crippen molar-refractivity contribution in [2.45, 2.75) is 0 Å². The first-order valence-electron chi connectivity index (χ1n) is 5.89. The Labute approximate surface area is 131 Å². The van der Waals surface area contributed by atoms with E-state index in [0.29, 0.717) is 21.4 Å². The van der Waals surface area contributed by atoms with Crippen LogP contribution >= 0.6 is 23.2 Å². The predicted octanol–water partition coefficient (Wildman–Crippen LogP) is 3.74. The molecule has 0 radical (unpaired) electrons. The van der Waals surface area contributed by atoms with E-state index in [1.807, 2.05) is 0 Å². The molecule has 0 spiro atoms. The molecule has 0 fully saturated rings. The second-order valence-corrected chi connectivity index (χ2v) is 4.96. The molecule has 3 amide bonds. The van der Waals surface area contributed by atoms with Crippen molar-refractivity contribution in [3.05, 3.63) is 58.1 Å². The largest absolute Gasteiger partial charge is 0.366 e. The van der Waals surface area contributed by atoms with Gasteiger partial charge in [-0.05, 0) is 30.3 Å². The fourth-order valence-electron chi connectivity index (χ4n) is 1.68. The number of hydrogen-bond acceptors (Lipinski definition) is 2. The van der Waals surface area contributed by atoms with Crippen molar-refractivity contribution in [3.63, 3.8) is 0 Å². The fraction of sp³-hybridized carbons (Fsp3) is 0. The summed E-state index contributed by atoms with van der Waals surface area (Å²) < 4.78 is 0. The third-order valence-electron chi connectivity index (χ3n) is 2.62. The zero-order valence-corrected chi connectivity index (χ0v) is 12.2. The standard InChI is InChI=1S/C14H11Cl2N3O2/c15-8-5-6-10(16)12(7-8)19-14(21)18-11-4-2-1-3-9(11)13(17)20/h1-7H,(H2,17,20)(H2,18,19,21). The molecular weight excluding hydrogens is 313 g/mol. The van der Waals surface area contributed by atoms with E-state index < -0.39 is 11.9 Å². The number of carbonyl (C=O) groups is 2. The topological polar surface area (TPSA) is 84.2 Å². The number of nitrogens with one attached hydrogen (secondary N) is 2. The summed E-state index contributed by atoms with van der Waals surface area (Å²) in [5.74, 6) is -0.633. The Hall–Kier alpha value is -2.24. The maximum Gasteiger partial charge on any atom is 0.323 e. The van der Waals surface area contributed by atoms with Crippen LogP contribution in [0.2, 0.25) is 10.0 Å². The highest BCUT2D eigenvalue weighted by molar-refractivity contribution is 6.35. The molecule has 2 rings (SSSR count). The Morgan fingerprint density at radius 1 is 0.952 bits per heavy atom. The van der Waals surface area contributed by atoms with Crippen LogP contribution in [0.1, 0.15) is 10.4 Å². The van der Waals surface area contributed by atoms with Gasteiger partial charge in [0.2, 0.25) is 0 Å². The monoisotopic (exact) mass is 323 g/mol. The molecular formula is C14H11Cl2N3O2. The van der Waals surface area contributed by atoms with Crippen LogP contribution in [-0.4, -0.2) is 11.9 Å². The normalized spacial score (nSPS) is 10.0. The SMILES string of the molecule is NC(=O)c1ccccc1NC(=O)Nc1cc(Cl)ccc1Cl. The number of rotatable bonds is 3. The van der Waals surface area contributed by atoms with Crippen LogP contribution in [0.15, 0.2) is 42.5 Å². The molecule has 0 aliphatic heterocycles. The highest BCUT2D eigenvalue weighted by Crippen LogP contribution is 2.25. The van der Waals surface area contributed by atoms with Crippen LogP contribution in [0.5, 0.6) is 0 Å². The van der Waals surface area contributed by atoms with E-state index in [2.05, 4.69) is 10.6 Å². The number of hydrogen-bond donors (Lipinski definition) is 3. The summed E-state index contributed by atoms with van der Waals surface area (Å²) in [6.07, 6.45) is 0. The number of halogens is 2. The summed E-state index contributed by atoms with van der Waals surface area (Å²) in [5.41, 5.74) is 6.12. The molecule has 0 saturated carbocycles. The molecule has 21 heavy (non-hydrogen) atoms. The molecule has 0 atom stereocenters. The first kappa shape index (κ1) is 15.2. The average Bonchev–Trinajstić information content (AvgIpc) is 2.43. The van der Waals surface area contributed by atoms with E-state index in [0.717, 1.165) is 0 Å². The average molecular weight is 324 g/mol. The van der Waals surface area contributed by atoms with Gasteiger partial charge in [0.1, 0.15) is 0 Å². The minimum Gasteiger partial charge on any atom is -0.366 e. The van der Waals surface area contributed by atoms with Gasteiger partial charge in [0, 0.05) is 5.02 Å². The first-order chi connectivity index (χ1) is 9.97. The number of amides is 3. The Kier molecular flexibility index (Phi) is 4.67. The van der Waals surface area contributed by atoms with Crippen LogP contribution in [0.4, 0.5) is 16.2 Å². The lowest BCUT2D eigenvalue weighted by Crippen LogP contribution is -2.22. The Morgan fingerprint density at radius 3 is 2.33 bits per heavy atom. The van der Waals surface area contributed by atoms with Crippen molar-refractivity contribution in [2.24, 2.45) is 5.73 Å². The maximum absolute atomic E-state index is 11.9. The lowest BCUT2D eigenvalue weighted by atomic mass is 10.1. The van der Waals surface area contributed by atoms with Crippen molar-refractivity contribution in [1.29, 1.82) is 0 Å². The van der Waals surface area contributed by atoms with Crippen molar-refractivity contribution in [2.75, 3.05) is 10.6 Å². The van der Waals surface area contributed by atoms with E-state index in [1.165, 1.54) is 12.1 Å². The first-order valence-corrected chi connectivity index (χ1v) is 6.65. The molecule has 0 unspecified atom stereocenters. The zero-order valence-electron chi connectivity index (χ0n) is 10.7. The fourth-order valence-corrected chi connectivity index (χ4v) is 2.01. The molecule has 0 aliphatic carbocycles. The predicted molar refractivity (Wildman–Crippen MR) is 84.1 cm³/mol. The molecule has 108 valence electrons. The van der Waals surface area contributed by atoms with E-state index in [1.54, 1.807) is 30.3 Å². The summed E-state index contributed by atoms with van der Waals surface area (Å²) >= 11 is 11.8. The van der Waals surface area contributed by atoms with Crippen molar-refractivity contribution >= 4 is 46.5 Å². The minimum absolute atomic E-state index is 0.213. The third kappa shape index (κ3) is 3.87. The molecule has 0 aliphatic rings. The van der Waals surface area contributed by atoms with Crippen LogP contribution in [0.3, 0.4) is 0 Å². The summed E-state index contributed by atoms with van der Waals surface area (Å²) in [4.78, 5) is 23.2. The van der Waals surface area contributed by atoms with Gasteiger partial charge in [0.05, 0.1) is 22.0 Å². The van der Waals surface area contributed by atoms with E-state index in [4.69, 9.17) is 28.9 Å². The molecule has 0 saturated heterocycles. The number of para-hydroxylation sites is 1. The van der Waals surface area contributed by atoms with Crippen LogP contribution in [0.25, 0.3) is 0 Å². The minimum atomic E-state index is -0.633. The van der Waals surface area contributed by atoms with E-state index >= 15 is 0 Å². The Bertz CT molecular complexity index is 704. The summed E-state index contributed by atoms with van der Waals surface area (Å²) in [6, 6.07) is 10.5. The van der Waals surface area contributed by atoms with E-state index in [9.17, 15) is 9.59 Å².